The molecule has 0 bridgehead atoms. The summed E-state index contributed by atoms with van der Waals surface area (Å²) in [6.45, 7) is 0. The van der Waals surface area contributed by atoms with Gasteiger partial charge in [0, 0.05) is 96.3 Å². The lowest BCUT2D eigenvalue weighted by Crippen LogP contribution is -2.29. The van der Waals surface area contributed by atoms with E-state index in [1.165, 1.54) is 6.20 Å². The van der Waals surface area contributed by atoms with Crippen LogP contribution < -0.4 is 5.46 Å². The van der Waals surface area contributed by atoms with E-state index in [4.69, 9.17) is 48.8 Å². The van der Waals surface area contributed by atoms with E-state index in [0.29, 0.717) is 40.4 Å². The molecule has 0 atom stereocenters. The molecule has 0 aliphatic rings. The van der Waals surface area contributed by atoms with Crippen molar-refractivity contribution in [3.8, 4) is 79.5 Å². The lowest BCUT2D eigenvalue weighted by molar-refractivity contribution is 0.425. The highest BCUT2D eigenvalue weighted by Gasteiger charge is 2.18. The third-order valence-corrected chi connectivity index (χ3v) is 13.4. The molecule has 14 aromatic rings. The molecule has 6 aromatic heterocycles. The molecule has 14 heteroatoms. The highest BCUT2D eigenvalue weighted by Crippen LogP contribution is 2.39. The van der Waals surface area contributed by atoms with Crippen molar-refractivity contribution in [2.24, 2.45) is 0 Å². The van der Waals surface area contributed by atoms with Crippen molar-refractivity contribution in [1.29, 1.82) is 0 Å². The molecule has 0 spiro atoms. The first-order valence-electron chi connectivity index (χ1n) is 24.9. The second kappa shape index (κ2) is 22.2. The molecular formula is C64H42BBrN8O4. The second-order valence-corrected chi connectivity index (χ2v) is 18.8. The molecule has 0 amide bonds. The maximum Gasteiger partial charge on any atom is 0.490 e. The van der Waals surface area contributed by atoms with Gasteiger partial charge in [-0.15, -0.1) is 0 Å². The molecule has 0 saturated carbocycles. The van der Waals surface area contributed by atoms with Crippen molar-refractivity contribution in [3.63, 3.8) is 0 Å². The van der Waals surface area contributed by atoms with Crippen LogP contribution in [-0.2, 0) is 0 Å². The summed E-state index contributed by atoms with van der Waals surface area (Å²) in [6, 6.07) is 71.6. The van der Waals surface area contributed by atoms with Crippen molar-refractivity contribution >= 4 is 72.4 Å². The van der Waals surface area contributed by atoms with Crippen LogP contribution in [0.2, 0.25) is 0 Å². The molecule has 0 aliphatic carbocycles. The number of hydrogen-bond acceptors (Lipinski definition) is 12. The average molecular weight is 1080 g/mol. The standard InChI is InChI=1S/C32H20N4O.C27H16BrN3O.C5H6BNO2/c1-3-9-21(10-4-1)30-34-31(22-11-5-2-6-12-22)36-32(35-30)23-16-17-28-27(19-23)26-15-7-14-25(29(26)37-28)24-13-8-18-33-20-24;28-22-13-7-12-20-21-16-19(14-15-23(21)32-24(20)22)27-30-25(17-8-3-1-4-9-17)29-26(31-27)18-10-5-2-6-11-18;8-6(9)5-2-1-3-7-4-5/h1-20H;1-16H;1-4,8-9H. The van der Waals surface area contributed by atoms with Crippen LogP contribution in [0.4, 0.5) is 0 Å². The number of pyridine rings is 2. The van der Waals surface area contributed by atoms with Gasteiger partial charge in [-0.2, -0.15) is 0 Å². The summed E-state index contributed by atoms with van der Waals surface area (Å²) in [5.74, 6) is 3.82. The van der Waals surface area contributed by atoms with E-state index in [0.717, 1.165) is 92.9 Å². The largest absolute Gasteiger partial charge is 0.490 e. The molecule has 2 N–H and O–H groups in total. The number of hydrogen-bond donors (Lipinski definition) is 2. The van der Waals surface area contributed by atoms with Crippen molar-refractivity contribution in [1.82, 2.24) is 39.9 Å². The molecule has 0 radical (unpaired) electrons. The average Bonchev–Trinajstić information content (AvgIpc) is 4.11. The summed E-state index contributed by atoms with van der Waals surface area (Å²) in [4.78, 5) is 36.9. The Labute approximate surface area is 455 Å². The van der Waals surface area contributed by atoms with Gasteiger partial charge in [0.15, 0.2) is 34.9 Å². The minimum atomic E-state index is -1.40. The summed E-state index contributed by atoms with van der Waals surface area (Å²) in [5.41, 5.74) is 11.4. The van der Waals surface area contributed by atoms with Gasteiger partial charge in [0.2, 0.25) is 0 Å². The van der Waals surface area contributed by atoms with Gasteiger partial charge in [-0.3, -0.25) is 9.97 Å². The maximum atomic E-state index is 8.54. The molecule has 12 nitrogen and oxygen atoms in total. The topological polar surface area (TPSA) is 170 Å². The summed E-state index contributed by atoms with van der Waals surface area (Å²) >= 11 is 3.58. The van der Waals surface area contributed by atoms with E-state index in [-0.39, 0.29) is 0 Å². The maximum absolute atomic E-state index is 8.54. The van der Waals surface area contributed by atoms with E-state index in [2.05, 4.69) is 62.3 Å². The molecule has 0 saturated heterocycles. The van der Waals surface area contributed by atoms with E-state index in [1.807, 2.05) is 176 Å². The predicted octanol–water partition coefficient (Wildman–Crippen LogP) is 14.1. The Balaban J connectivity index is 0.000000136. The smallest absolute Gasteiger partial charge is 0.455 e. The fourth-order valence-electron chi connectivity index (χ4n) is 8.99. The third-order valence-electron chi connectivity index (χ3n) is 12.8. The van der Waals surface area contributed by atoms with E-state index >= 15 is 0 Å². The Morgan fingerprint density at radius 3 is 1.14 bits per heavy atom. The van der Waals surface area contributed by atoms with E-state index in [9.17, 15) is 0 Å². The first kappa shape index (κ1) is 49.0. The van der Waals surface area contributed by atoms with Gasteiger partial charge in [-0.1, -0.05) is 164 Å². The fourth-order valence-corrected chi connectivity index (χ4v) is 9.44. The Morgan fingerprint density at radius 2 is 0.731 bits per heavy atom. The molecule has 372 valence electrons. The highest BCUT2D eigenvalue weighted by molar-refractivity contribution is 9.10. The summed E-state index contributed by atoms with van der Waals surface area (Å²) in [6.07, 6.45) is 6.61. The zero-order chi connectivity index (χ0) is 52.8. The number of nitrogens with zero attached hydrogens (tertiary/aromatic N) is 8. The van der Waals surface area contributed by atoms with Crippen molar-refractivity contribution in [3.05, 3.63) is 248 Å². The van der Waals surface area contributed by atoms with Crippen molar-refractivity contribution < 1.29 is 18.9 Å². The number of benzene rings is 8. The van der Waals surface area contributed by atoms with E-state index < -0.39 is 7.12 Å². The number of furan rings is 2. The molecule has 14 rings (SSSR count). The molecule has 0 aliphatic heterocycles. The Bertz CT molecular complexity index is 4250. The van der Waals surface area contributed by atoms with Crippen LogP contribution in [0.25, 0.3) is 123 Å². The van der Waals surface area contributed by atoms with Gasteiger partial charge in [-0.25, -0.2) is 29.9 Å². The van der Waals surface area contributed by atoms with Gasteiger partial charge in [0.1, 0.15) is 22.3 Å². The Hall–Kier alpha value is -9.86. The Kier molecular flexibility index (Phi) is 13.9. The number of rotatable bonds is 8. The normalized spacial score (nSPS) is 11.0. The summed E-state index contributed by atoms with van der Waals surface area (Å²) in [7, 11) is -1.40. The number of para-hydroxylation sites is 2. The number of halogens is 1. The Morgan fingerprint density at radius 1 is 0.333 bits per heavy atom. The monoisotopic (exact) mass is 1080 g/mol. The highest BCUT2D eigenvalue weighted by atomic mass is 79.9. The molecule has 0 fully saturated rings. The van der Waals surface area contributed by atoms with Crippen LogP contribution in [0.1, 0.15) is 0 Å². The summed E-state index contributed by atoms with van der Waals surface area (Å²) in [5, 5.41) is 21.2. The first-order chi connectivity index (χ1) is 38.4. The van der Waals surface area contributed by atoms with Crippen LogP contribution in [0.15, 0.2) is 256 Å². The molecule has 78 heavy (non-hydrogen) atoms. The van der Waals surface area contributed by atoms with Crippen molar-refractivity contribution in [2.75, 3.05) is 0 Å². The predicted molar refractivity (Wildman–Crippen MR) is 312 cm³/mol. The van der Waals surface area contributed by atoms with Gasteiger partial charge in [-0.05, 0) is 70.5 Å². The van der Waals surface area contributed by atoms with Crippen molar-refractivity contribution in [2.45, 2.75) is 0 Å². The molecule has 6 heterocycles. The molecule has 0 unspecified atom stereocenters. The number of aromatic nitrogens is 8. The lowest BCUT2D eigenvalue weighted by Gasteiger charge is -2.08. The van der Waals surface area contributed by atoms with Crippen LogP contribution in [0, 0.1) is 0 Å². The SMILES string of the molecule is Brc1cccc2c1oc1ccc(-c3nc(-c4ccccc4)nc(-c4ccccc4)n3)cc12.OB(O)c1cccnc1.c1ccc(-c2nc(-c3ccccc3)nc(-c3ccc4oc5c(-c6cccnc6)cccc5c4c3)n2)cc1. The zero-order valence-electron chi connectivity index (χ0n) is 41.3. The number of fused-ring (bicyclic) bond motifs is 6. The molecule has 8 aromatic carbocycles. The van der Waals surface area contributed by atoms with Gasteiger partial charge in [0.05, 0.1) is 4.47 Å². The second-order valence-electron chi connectivity index (χ2n) is 17.9. The van der Waals surface area contributed by atoms with Crippen LogP contribution in [0.5, 0.6) is 0 Å². The van der Waals surface area contributed by atoms with Gasteiger partial charge in [0.25, 0.3) is 0 Å². The third kappa shape index (κ3) is 10.4. The van der Waals surface area contributed by atoms with Crippen LogP contribution in [0.3, 0.4) is 0 Å². The van der Waals surface area contributed by atoms with Gasteiger partial charge >= 0.3 is 7.12 Å². The minimum Gasteiger partial charge on any atom is -0.455 e. The zero-order valence-corrected chi connectivity index (χ0v) is 42.9. The summed E-state index contributed by atoms with van der Waals surface area (Å²) < 4.78 is 13.3. The van der Waals surface area contributed by atoms with Gasteiger partial charge < -0.3 is 18.9 Å². The van der Waals surface area contributed by atoms with E-state index in [1.54, 1.807) is 24.5 Å². The van der Waals surface area contributed by atoms with Crippen LogP contribution in [-0.4, -0.2) is 57.0 Å². The minimum absolute atomic E-state index is 0.414. The lowest BCUT2D eigenvalue weighted by atomic mass is 9.82. The fraction of sp³-hybridized carbons (Fsp3) is 0. The van der Waals surface area contributed by atoms with Crippen LogP contribution >= 0.6 is 15.9 Å². The molecular weight excluding hydrogens is 1040 g/mol. The quantitative estimate of drug-likeness (QED) is 0.138. The first-order valence-corrected chi connectivity index (χ1v) is 25.7.